The Labute approximate surface area is 102 Å². The van der Waals surface area contributed by atoms with Crippen molar-refractivity contribution in [2.45, 2.75) is 26.3 Å². The molecule has 3 rings (SSSR count). The van der Waals surface area contributed by atoms with Crippen LogP contribution >= 0.6 is 0 Å². The van der Waals surface area contributed by atoms with Crippen molar-refractivity contribution < 1.29 is 0 Å². The topological polar surface area (TPSA) is 45.0 Å². The van der Waals surface area contributed by atoms with Crippen molar-refractivity contribution in [3.8, 4) is 0 Å². The molecule has 1 aromatic carbocycles. The maximum Gasteiger partial charge on any atom is 0.0479 e. The highest BCUT2D eigenvalue weighted by atomic mass is 15.2. The highest BCUT2D eigenvalue weighted by Gasteiger charge is 2.25. The molecular weight excluding hydrogens is 210 g/mol. The molecule has 2 heterocycles. The van der Waals surface area contributed by atoms with Gasteiger partial charge in [-0.3, -0.25) is 0 Å². The van der Waals surface area contributed by atoms with Crippen LogP contribution in [0.25, 0.3) is 10.9 Å². The van der Waals surface area contributed by atoms with Gasteiger partial charge in [0, 0.05) is 41.4 Å². The third-order valence-corrected chi connectivity index (χ3v) is 3.76. The predicted octanol–water partition coefficient (Wildman–Crippen LogP) is 2.19. The summed E-state index contributed by atoms with van der Waals surface area (Å²) < 4.78 is 0. The van der Waals surface area contributed by atoms with Gasteiger partial charge in [-0.25, -0.2) is 0 Å². The molecule has 0 unspecified atom stereocenters. The van der Waals surface area contributed by atoms with E-state index in [0.717, 1.165) is 19.5 Å². The molecule has 3 N–H and O–H groups in total. The van der Waals surface area contributed by atoms with Gasteiger partial charge in [-0.05, 0) is 31.0 Å². The Morgan fingerprint density at radius 2 is 2.18 bits per heavy atom. The van der Waals surface area contributed by atoms with Crippen LogP contribution < -0.4 is 10.6 Å². The highest BCUT2D eigenvalue weighted by Crippen LogP contribution is 2.33. The van der Waals surface area contributed by atoms with E-state index in [4.69, 9.17) is 5.73 Å². The molecule has 0 aliphatic carbocycles. The lowest BCUT2D eigenvalue weighted by Crippen LogP contribution is -2.55. The van der Waals surface area contributed by atoms with Crippen molar-refractivity contribution in [3.63, 3.8) is 0 Å². The Hall–Kier alpha value is -1.48. The zero-order valence-electron chi connectivity index (χ0n) is 10.5. The molecule has 1 aromatic heterocycles. The zero-order valence-corrected chi connectivity index (χ0v) is 10.5. The molecule has 1 saturated heterocycles. The molecule has 0 saturated carbocycles. The van der Waals surface area contributed by atoms with Gasteiger partial charge in [-0.15, -0.1) is 0 Å². The SMILES string of the molecule is CCc1[nH]c2cccc(N3CC(N)C3)c2c1C. The maximum absolute atomic E-state index is 5.87. The summed E-state index contributed by atoms with van der Waals surface area (Å²) in [6.45, 7) is 6.36. The van der Waals surface area contributed by atoms with Gasteiger partial charge in [0.1, 0.15) is 0 Å². The Balaban J connectivity index is 2.14. The summed E-state index contributed by atoms with van der Waals surface area (Å²) in [4.78, 5) is 5.88. The third kappa shape index (κ3) is 1.53. The maximum atomic E-state index is 5.87. The quantitative estimate of drug-likeness (QED) is 0.829. The Kier molecular flexibility index (Phi) is 2.37. The number of aromatic amines is 1. The third-order valence-electron chi connectivity index (χ3n) is 3.76. The van der Waals surface area contributed by atoms with Crippen molar-refractivity contribution in [1.82, 2.24) is 4.98 Å². The molecule has 0 spiro atoms. The minimum absolute atomic E-state index is 0.343. The van der Waals surface area contributed by atoms with Crippen molar-refractivity contribution in [3.05, 3.63) is 29.5 Å². The first kappa shape index (κ1) is 10.7. The number of benzene rings is 1. The summed E-state index contributed by atoms with van der Waals surface area (Å²) in [5.41, 5.74) is 11.2. The van der Waals surface area contributed by atoms with Crippen LogP contribution in [-0.2, 0) is 6.42 Å². The summed E-state index contributed by atoms with van der Waals surface area (Å²) in [6, 6.07) is 6.82. The van der Waals surface area contributed by atoms with Gasteiger partial charge in [-0.2, -0.15) is 0 Å². The van der Waals surface area contributed by atoms with E-state index in [0.29, 0.717) is 6.04 Å². The average Bonchev–Trinajstić information content (AvgIpc) is 2.62. The second-order valence-electron chi connectivity index (χ2n) is 4.95. The molecule has 0 bridgehead atoms. The monoisotopic (exact) mass is 229 g/mol. The van der Waals surface area contributed by atoms with E-state index in [1.165, 1.54) is 27.8 Å². The average molecular weight is 229 g/mol. The van der Waals surface area contributed by atoms with Crippen LogP contribution in [0, 0.1) is 6.92 Å². The van der Waals surface area contributed by atoms with Crippen molar-refractivity contribution in [2.24, 2.45) is 5.73 Å². The fourth-order valence-corrected chi connectivity index (χ4v) is 2.77. The van der Waals surface area contributed by atoms with Crippen LogP contribution in [0.2, 0.25) is 0 Å². The number of anilines is 1. The lowest BCUT2D eigenvalue weighted by molar-refractivity contribution is 0.521. The lowest BCUT2D eigenvalue weighted by Gasteiger charge is -2.39. The molecule has 3 heteroatoms. The predicted molar refractivity (Wildman–Crippen MR) is 72.6 cm³/mol. The molecule has 1 fully saturated rings. The molecule has 0 atom stereocenters. The lowest BCUT2D eigenvalue weighted by atomic mass is 10.0. The van der Waals surface area contributed by atoms with Crippen LogP contribution in [0.1, 0.15) is 18.2 Å². The van der Waals surface area contributed by atoms with E-state index in [1.807, 2.05) is 0 Å². The second kappa shape index (κ2) is 3.77. The fourth-order valence-electron chi connectivity index (χ4n) is 2.77. The van der Waals surface area contributed by atoms with Crippen LogP contribution in [0.3, 0.4) is 0 Å². The summed E-state index contributed by atoms with van der Waals surface area (Å²) in [5, 5.41) is 1.37. The Morgan fingerprint density at radius 3 is 2.82 bits per heavy atom. The Morgan fingerprint density at radius 1 is 1.41 bits per heavy atom. The molecular formula is C14H19N3. The number of H-pyrrole nitrogens is 1. The van der Waals surface area contributed by atoms with Crippen LogP contribution in [-0.4, -0.2) is 24.1 Å². The van der Waals surface area contributed by atoms with Crippen molar-refractivity contribution in [2.75, 3.05) is 18.0 Å². The molecule has 3 nitrogen and oxygen atoms in total. The first-order valence-corrected chi connectivity index (χ1v) is 6.31. The van der Waals surface area contributed by atoms with Crippen LogP contribution in [0.5, 0.6) is 0 Å². The van der Waals surface area contributed by atoms with E-state index in [1.54, 1.807) is 0 Å². The van der Waals surface area contributed by atoms with Crippen molar-refractivity contribution >= 4 is 16.6 Å². The standard InChI is InChI=1S/C14H19N3/c1-3-11-9(2)14-12(16-11)5-4-6-13(14)17-7-10(15)8-17/h4-6,10,16H,3,7-8,15H2,1-2H3. The van der Waals surface area contributed by atoms with Gasteiger partial charge < -0.3 is 15.6 Å². The fraction of sp³-hybridized carbons (Fsp3) is 0.429. The van der Waals surface area contributed by atoms with E-state index >= 15 is 0 Å². The van der Waals surface area contributed by atoms with Gasteiger partial charge in [-0.1, -0.05) is 13.0 Å². The number of hydrogen-bond acceptors (Lipinski definition) is 2. The second-order valence-corrected chi connectivity index (χ2v) is 4.95. The van der Waals surface area contributed by atoms with Gasteiger partial charge in [0.15, 0.2) is 0 Å². The first-order chi connectivity index (χ1) is 8.20. The van der Waals surface area contributed by atoms with Gasteiger partial charge in [0.2, 0.25) is 0 Å². The molecule has 1 aliphatic heterocycles. The van der Waals surface area contributed by atoms with Gasteiger partial charge >= 0.3 is 0 Å². The molecule has 90 valence electrons. The molecule has 2 aromatic rings. The summed E-state index contributed by atoms with van der Waals surface area (Å²) in [6.07, 6.45) is 1.06. The number of aromatic nitrogens is 1. The number of nitrogens with two attached hydrogens (primary N) is 1. The Bertz CT molecular complexity index is 550. The molecule has 0 amide bonds. The zero-order chi connectivity index (χ0) is 12.0. The first-order valence-electron chi connectivity index (χ1n) is 6.31. The minimum Gasteiger partial charge on any atom is -0.368 e. The van der Waals surface area contributed by atoms with Crippen LogP contribution in [0.4, 0.5) is 5.69 Å². The van der Waals surface area contributed by atoms with E-state index in [-0.39, 0.29) is 0 Å². The van der Waals surface area contributed by atoms with E-state index in [9.17, 15) is 0 Å². The summed E-state index contributed by atoms with van der Waals surface area (Å²) in [7, 11) is 0. The number of hydrogen-bond donors (Lipinski definition) is 2. The van der Waals surface area contributed by atoms with E-state index < -0.39 is 0 Å². The largest absolute Gasteiger partial charge is 0.368 e. The molecule has 17 heavy (non-hydrogen) atoms. The van der Waals surface area contributed by atoms with Gasteiger partial charge in [0.05, 0.1) is 0 Å². The van der Waals surface area contributed by atoms with Crippen molar-refractivity contribution in [1.29, 1.82) is 0 Å². The van der Waals surface area contributed by atoms with Gasteiger partial charge in [0.25, 0.3) is 0 Å². The molecule has 1 aliphatic rings. The van der Waals surface area contributed by atoms with Crippen LogP contribution in [0.15, 0.2) is 18.2 Å². The summed E-state index contributed by atoms with van der Waals surface area (Å²) >= 11 is 0. The van der Waals surface area contributed by atoms with E-state index in [2.05, 4.69) is 41.9 Å². The number of nitrogens with zero attached hydrogens (tertiary/aromatic N) is 1. The summed E-state index contributed by atoms with van der Waals surface area (Å²) in [5.74, 6) is 0. The number of fused-ring (bicyclic) bond motifs is 1. The number of nitrogens with one attached hydrogen (secondary N) is 1. The smallest absolute Gasteiger partial charge is 0.0479 e. The highest BCUT2D eigenvalue weighted by molar-refractivity contribution is 5.96. The number of aryl methyl sites for hydroxylation is 2. The number of rotatable bonds is 2. The minimum atomic E-state index is 0.343. The molecule has 0 radical (unpaired) electrons. The normalized spacial score (nSPS) is 16.5.